The number of amides is 1. The molecule has 1 aromatic rings. The van der Waals surface area contributed by atoms with Crippen LogP contribution < -0.4 is 4.90 Å². The van der Waals surface area contributed by atoms with Gasteiger partial charge in [-0.2, -0.15) is 0 Å². The lowest BCUT2D eigenvalue weighted by molar-refractivity contribution is -0.120. The Morgan fingerprint density at radius 3 is 2.80 bits per heavy atom. The van der Waals surface area contributed by atoms with Crippen molar-refractivity contribution in [2.24, 2.45) is 0 Å². The molecule has 0 radical (unpaired) electrons. The molecule has 3 rings (SSSR count). The van der Waals surface area contributed by atoms with Crippen LogP contribution in [0.5, 0.6) is 0 Å². The second-order valence-electron chi connectivity index (χ2n) is 6.18. The fraction of sp³-hybridized carbons (Fsp3) is 0.562. The van der Waals surface area contributed by atoms with Crippen molar-refractivity contribution in [1.82, 2.24) is 4.90 Å². The minimum absolute atomic E-state index is 0.129. The average molecular weight is 274 g/mol. The van der Waals surface area contributed by atoms with Gasteiger partial charge in [0, 0.05) is 17.3 Å². The Morgan fingerprint density at radius 1 is 1.45 bits per heavy atom. The number of para-hydroxylation sites is 1. The van der Waals surface area contributed by atoms with Gasteiger partial charge >= 0.3 is 0 Å². The monoisotopic (exact) mass is 274 g/mol. The summed E-state index contributed by atoms with van der Waals surface area (Å²) in [6.07, 6.45) is 2.90. The molecule has 0 unspecified atom stereocenters. The predicted octanol–water partition coefficient (Wildman–Crippen LogP) is 1.42. The molecule has 20 heavy (non-hydrogen) atoms. The number of fused-ring (bicyclic) bond motifs is 1. The Hall–Kier alpha value is -1.39. The number of carbonyl (C=O) groups excluding carboxylic acids is 1. The van der Waals surface area contributed by atoms with Crippen molar-refractivity contribution in [3.05, 3.63) is 29.8 Å². The van der Waals surface area contributed by atoms with Crippen molar-refractivity contribution in [3.63, 3.8) is 0 Å². The lowest BCUT2D eigenvalue weighted by Crippen LogP contribution is -2.47. The number of nitrogens with zero attached hydrogens (tertiary/aromatic N) is 2. The zero-order valence-corrected chi connectivity index (χ0v) is 12.2. The van der Waals surface area contributed by atoms with Crippen LogP contribution in [-0.4, -0.2) is 47.7 Å². The van der Waals surface area contributed by atoms with Gasteiger partial charge in [-0.1, -0.05) is 18.2 Å². The summed E-state index contributed by atoms with van der Waals surface area (Å²) in [5, 5.41) is 9.45. The number of benzene rings is 1. The molecule has 0 bridgehead atoms. The molecule has 4 nitrogen and oxygen atoms in total. The van der Waals surface area contributed by atoms with Crippen molar-refractivity contribution in [2.45, 2.75) is 37.8 Å². The van der Waals surface area contributed by atoms with Crippen LogP contribution in [0.4, 0.5) is 5.69 Å². The molecular weight excluding hydrogens is 252 g/mol. The Morgan fingerprint density at radius 2 is 2.15 bits per heavy atom. The maximum absolute atomic E-state index is 12.6. The van der Waals surface area contributed by atoms with E-state index in [1.54, 1.807) is 0 Å². The number of hydrogen-bond donors (Lipinski definition) is 1. The van der Waals surface area contributed by atoms with Gasteiger partial charge in [-0.25, -0.2) is 0 Å². The van der Waals surface area contributed by atoms with Crippen LogP contribution in [0.1, 0.15) is 25.3 Å². The van der Waals surface area contributed by atoms with Gasteiger partial charge in [-0.3, -0.25) is 9.69 Å². The summed E-state index contributed by atoms with van der Waals surface area (Å²) in [5.41, 5.74) is 2.16. The Bertz CT molecular complexity index is 525. The van der Waals surface area contributed by atoms with Crippen LogP contribution in [0, 0.1) is 0 Å². The fourth-order valence-corrected chi connectivity index (χ4v) is 3.20. The maximum Gasteiger partial charge on any atom is 0.241 e. The summed E-state index contributed by atoms with van der Waals surface area (Å²) in [6, 6.07) is 8.35. The molecule has 108 valence electrons. The van der Waals surface area contributed by atoms with Gasteiger partial charge in [0.15, 0.2) is 0 Å². The van der Waals surface area contributed by atoms with Gasteiger partial charge in [0.2, 0.25) is 5.91 Å². The van der Waals surface area contributed by atoms with Gasteiger partial charge in [-0.05, 0) is 44.9 Å². The van der Waals surface area contributed by atoms with Gasteiger partial charge in [0.1, 0.15) is 0 Å². The highest BCUT2D eigenvalue weighted by Crippen LogP contribution is 2.40. The molecule has 1 atom stereocenters. The largest absolute Gasteiger partial charge is 0.394 e. The van der Waals surface area contributed by atoms with Crippen molar-refractivity contribution in [3.8, 4) is 0 Å². The number of hydrogen-bond acceptors (Lipinski definition) is 3. The summed E-state index contributed by atoms with van der Waals surface area (Å²) in [4.78, 5) is 16.6. The second-order valence-corrected chi connectivity index (χ2v) is 6.18. The first-order chi connectivity index (χ1) is 9.57. The van der Waals surface area contributed by atoms with E-state index in [1.165, 1.54) is 5.56 Å². The first-order valence-corrected chi connectivity index (χ1v) is 7.29. The number of likely N-dealkylation sites (N-methyl/N-ethyl adjacent to an activating group) is 1. The summed E-state index contributed by atoms with van der Waals surface area (Å²) >= 11 is 0. The Kier molecular flexibility index (Phi) is 3.30. The first-order valence-electron chi connectivity index (χ1n) is 7.29. The minimum atomic E-state index is -0.141. The van der Waals surface area contributed by atoms with E-state index >= 15 is 0 Å². The molecular formula is C16H22N2O2. The summed E-state index contributed by atoms with van der Waals surface area (Å²) in [6.45, 7) is 2.61. The SMILES string of the molecule is C[C@@H]1Cc2ccccc2N1C(=O)CN(C)C1(CO)CC1. The van der Waals surface area contributed by atoms with Crippen molar-refractivity contribution in [1.29, 1.82) is 0 Å². The predicted molar refractivity (Wildman–Crippen MR) is 78.8 cm³/mol. The molecule has 1 aromatic carbocycles. The molecule has 1 heterocycles. The van der Waals surface area contributed by atoms with Crippen LogP contribution in [0.3, 0.4) is 0 Å². The number of rotatable bonds is 4. The summed E-state index contributed by atoms with van der Waals surface area (Å²) < 4.78 is 0. The van der Waals surface area contributed by atoms with Crippen LogP contribution >= 0.6 is 0 Å². The molecule has 2 aliphatic rings. The average Bonchev–Trinajstić information content (AvgIpc) is 3.15. The van der Waals surface area contributed by atoms with E-state index in [2.05, 4.69) is 13.0 Å². The minimum Gasteiger partial charge on any atom is -0.394 e. The number of aliphatic hydroxyl groups is 1. The summed E-state index contributed by atoms with van der Waals surface area (Å²) in [7, 11) is 1.94. The highest BCUT2D eigenvalue weighted by Gasteiger charge is 2.46. The second kappa shape index (κ2) is 4.86. The molecule has 1 N–H and O–H groups in total. The third kappa shape index (κ3) is 2.13. The van der Waals surface area contributed by atoms with Gasteiger partial charge in [0.05, 0.1) is 13.2 Å². The number of aliphatic hydroxyl groups excluding tert-OH is 1. The van der Waals surface area contributed by atoms with Crippen molar-refractivity contribution >= 4 is 11.6 Å². The van der Waals surface area contributed by atoms with E-state index in [-0.39, 0.29) is 24.1 Å². The molecule has 1 aliphatic heterocycles. The highest BCUT2D eigenvalue weighted by molar-refractivity contribution is 5.97. The maximum atomic E-state index is 12.6. The number of carbonyl (C=O) groups is 1. The van der Waals surface area contributed by atoms with E-state index < -0.39 is 0 Å². The third-order valence-corrected chi connectivity index (χ3v) is 4.78. The normalized spacial score (nSPS) is 23.0. The van der Waals surface area contributed by atoms with Crippen molar-refractivity contribution in [2.75, 3.05) is 25.1 Å². The smallest absolute Gasteiger partial charge is 0.241 e. The van der Waals surface area contributed by atoms with Crippen molar-refractivity contribution < 1.29 is 9.90 Å². The van der Waals surface area contributed by atoms with E-state index in [1.807, 2.05) is 35.0 Å². The molecule has 4 heteroatoms. The topological polar surface area (TPSA) is 43.8 Å². The molecule has 0 spiro atoms. The van der Waals surface area contributed by atoms with E-state index in [9.17, 15) is 9.90 Å². The highest BCUT2D eigenvalue weighted by atomic mass is 16.3. The van der Waals surface area contributed by atoms with E-state index in [0.717, 1.165) is 24.9 Å². The molecule has 1 amide bonds. The molecule has 0 aromatic heterocycles. The molecule has 1 saturated carbocycles. The van der Waals surface area contributed by atoms with Gasteiger partial charge < -0.3 is 10.0 Å². The standard InChI is InChI=1S/C16H22N2O2/c1-12-9-13-5-3-4-6-14(13)18(12)15(20)10-17(2)16(11-19)7-8-16/h3-6,12,19H,7-11H2,1-2H3/t12-/m1/s1. The Balaban J connectivity index is 1.74. The molecule has 1 aliphatic carbocycles. The fourth-order valence-electron chi connectivity index (χ4n) is 3.20. The Labute approximate surface area is 120 Å². The van der Waals surface area contributed by atoms with Gasteiger partial charge in [-0.15, -0.1) is 0 Å². The van der Waals surface area contributed by atoms with Crippen LogP contribution in [0.15, 0.2) is 24.3 Å². The lowest BCUT2D eigenvalue weighted by atomic mass is 10.1. The van der Waals surface area contributed by atoms with Crippen LogP contribution in [-0.2, 0) is 11.2 Å². The van der Waals surface area contributed by atoms with E-state index in [4.69, 9.17) is 0 Å². The molecule has 1 fully saturated rings. The van der Waals surface area contributed by atoms with E-state index in [0.29, 0.717) is 6.54 Å². The van der Waals surface area contributed by atoms with Gasteiger partial charge in [0.25, 0.3) is 0 Å². The zero-order valence-electron chi connectivity index (χ0n) is 12.2. The molecule has 0 saturated heterocycles. The third-order valence-electron chi connectivity index (χ3n) is 4.78. The first kappa shape index (κ1) is 13.6. The zero-order chi connectivity index (χ0) is 14.3. The number of anilines is 1. The lowest BCUT2D eigenvalue weighted by Gasteiger charge is -2.29. The quantitative estimate of drug-likeness (QED) is 0.903. The van der Waals surface area contributed by atoms with Crippen LogP contribution in [0.2, 0.25) is 0 Å². The van der Waals surface area contributed by atoms with Crippen LogP contribution in [0.25, 0.3) is 0 Å². The summed E-state index contributed by atoms with van der Waals surface area (Å²) in [5.74, 6) is 0.129.